The highest BCUT2D eigenvalue weighted by molar-refractivity contribution is 5.94. The molecule has 0 spiro atoms. The maximum Gasteiger partial charge on any atom is 0.316 e. The third-order valence-corrected chi connectivity index (χ3v) is 3.16. The van der Waals surface area contributed by atoms with Gasteiger partial charge in [0.1, 0.15) is 0 Å². The Kier molecular flexibility index (Phi) is 4.78. The molecule has 5 heteroatoms. The number of nitrogens with two attached hydrogens (primary N) is 1. The minimum atomic E-state index is -0.601. The molecule has 114 valence electrons. The Morgan fingerprint density at radius 3 is 2.14 bits per heavy atom. The van der Waals surface area contributed by atoms with Crippen molar-refractivity contribution in [2.45, 2.75) is 20.4 Å². The van der Waals surface area contributed by atoms with E-state index < -0.39 is 6.03 Å². The quantitative estimate of drug-likeness (QED) is 0.810. The fourth-order valence-electron chi connectivity index (χ4n) is 2.24. The normalized spacial score (nSPS) is 10.1. The number of aryl methyl sites for hydroxylation is 2. The first-order valence-electron chi connectivity index (χ1n) is 6.96. The molecule has 0 fully saturated rings. The molecule has 0 aromatic heterocycles. The summed E-state index contributed by atoms with van der Waals surface area (Å²) in [5, 5.41) is 5.37. The summed E-state index contributed by atoms with van der Waals surface area (Å²) >= 11 is 0. The maximum absolute atomic E-state index is 12.2. The van der Waals surface area contributed by atoms with Gasteiger partial charge in [-0.15, -0.1) is 0 Å². The van der Waals surface area contributed by atoms with E-state index in [0.717, 1.165) is 16.7 Å². The van der Waals surface area contributed by atoms with Crippen LogP contribution in [0, 0.1) is 13.8 Å². The molecule has 5 nitrogen and oxygen atoms in total. The zero-order valence-corrected chi connectivity index (χ0v) is 12.6. The summed E-state index contributed by atoms with van der Waals surface area (Å²) in [6.45, 7) is 4.35. The lowest BCUT2D eigenvalue weighted by atomic mass is 10.1. The molecule has 0 bridgehead atoms. The van der Waals surface area contributed by atoms with Gasteiger partial charge >= 0.3 is 6.03 Å². The van der Waals surface area contributed by atoms with Crippen LogP contribution >= 0.6 is 0 Å². The highest BCUT2D eigenvalue weighted by atomic mass is 16.2. The summed E-state index contributed by atoms with van der Waals surface area (Å²) in [6.07, 6.45) is 0. The van der Waals surface area contributed by atoms with Gasteiger partial charge in [0.2, 0.25) is 0 Å². The van der Waals surface area contributed by atoms with E-state index in [2.05, 4.69) is 10.6 Å². The van der Waals surface area contributed by atoms with Crippen molar-refractivity contribution in [1.29, 1.82) is 0 Å². The van der Waals surface area contributed by atoms with Crippen LogP contribution in [0.2, 0.25) is 0 Å². The fourth-order valence-corrected chi connectivity index (χ4v) is 2.24. The predicted molar refractivity (Wildman–Crippen MR) is 86.7 cm³/mol. The number of amides is 3. The largest absolute Gasteiger partial charge is 0.351 e. The molecule has 0 atom stereocenters. The highest BCUT2D eigenvalue weighted by Crippen LogP contribution is 2.11. The van der Waals surface area contributed by atoms with Crippen molar-refractivity contribution < 1.29 is 9.59 Å². The smallest absolute Gasteiger partial charge is 0.316 e. The van der Waals surface area contributed by atoms with E-state index in [-0.39, 0.29) is 5.91 Å². The SMILES string of the molecule is Cc1cc(C)cc(C(=O)NCc2ccc(NC(N)=O)cc2)c1. The molecule has 0 heterocycles. The Morgan fingerprint density at radius 1 is 1.00 bits per heavy atom. The Hall–Kier alpha value is -2.82. The van der Waals surface area contributed by atoms with Crippen molar-refractivity contribution in [3.8, 4) is 0 Å². The van der Waals surface area contributed by atoms with Crippen LogP contribution in [0.5, 0.6) is 0 Å². The van der Waals surface area contributed by atoms with Gasteiger partial charge in [-0.1, -0.05) is 29.3 Å². The van der Waals surface area contributed by atoms with Crippen molar-refractivity contribution in [3.63, 3.8) is 0 Å². The molecule has 4 N–H and O–H groups in total. The van der Waals surface area contributed by atoms with Crippen molar-refractivity contribution in [2.24, 2.45) is 5.73 Å². The van der Waals surface area contributed by atoms with Crippen LogP contribution in [0.3, 0.4) is 0 Å². The molecule has 0 aliphatic rings. The van der Waals surface area contributed by atoms with Crippen LogP contribution < -0.4 is 16.4 Å². The molecule has 0 radical (unpaired) electrons. The molecule has 0 aliphatic carbocycles. The number of urea groups is 1. The molecule has 2 aromatic rings. The first-order chi connectivity index (χ1) is 10.4. The zero-order chi connectivity index (χ0) is 16.1. The lowest BCUT2D eigenvalue weighted by Gasteiger charge is -2.08. The van der Waals surface area contributed by atoms with Gasteiger partial charge in [0.05, 0.1) is 0 Å². The highest BCUT2D eigenvalue weighted by Gasteiger charge is 2.06. The number of benzene rings is 2. The van der Waals surface area contributed by atoms with E-state index in [1.54, 1.807) is 12.1 Å². The van der Waals surface area contributed by atoms with Crippen molar-refractivity contribution in [2.75, 3.05) is 5.32 Å². The van der Waals surface area contributed by atoms with Crippen LogP contribution in [-0.2, 0) is 6.54 Å². The number of carbonyl (C=O) groups is 2. The summed E-state index contributed by atoms with van der Waals surface area (Å²) in [6, 6.07) is 12.3. The van der Waals surface area contributed by atoms with Gasteiger partial charge in [-0.3, -0.25) is 4.79 Å². The summed E-state index contributed by atoms with van der Waals surface area (Å²) in [5.41, 5.74) is 9.38. The minimum absolute atomic E-state index is 0.105. The zero-order valence-electron chi connectivity index (χ0n) is 12.6. The lowest BCUT2D eigenvalue weighted by Crippen LogP contribution is -2.23. The van der Waals surface area contributed by atoms with Gasteiger partial charge in [0.15, 0.2) is 0 Å². The molecule has 2 rings (SSSR count). The number of carbonyl (C=O) groups excluding carboxylic acids is 2. The van der Waals surface area contributed by atoms with E-state index in [9.17, 15) is 9.59 Å². The Morgan fingerprint density at radius 2 is 1.59 bits per heavy atom. The maximum atomic E-state index is 12.2. The molecule has 0 unspecified atom stereocenters. The van der Waals surface area contributed by atoms with Crippen LogP contribution in [0.25, 0.3) is 0 Å². The molecule has 22 heavy (non-hydrogen) atoms. The molecule has 0 saturated carbocycles. The standard InChI is InChI=1S/C17H19N3O2/c1-11-7-12(2)9-14(8-11)16(21)19-10-13-3-5-15(6-4-13)20-17(18)22/h3-9H,10H2,1-2H3,(H,19,21)(H3,18,20,22). The van der Waals surface area contributed by atoms with Crippen molar-refractivity contribution in [3.05, 3.63) is 64.7 Å². The second-order valence-electron chi connectivity index (χ2n) is 5.25. The first kappa shape index (κ1) is 15.6. The molecular formula is C17H19N3O2. The number of rotatable bonds is 4. The molecule has 2 aromatic carbocycles. The average molecular weight is 297 g/mol. The third-order valence-electron chi connectivity index (χ3n) is 3.16. The molecule has 3 amide bonds. The van der Waals surface area contributed by atoms with Crippen molar-refractivity contribution >= 4 is 17.6 Å². The first-order valence-corrected chi connectivity index (χ1v) is 6.96. The van der Waals surface area contributed by atoms with Gasteiger partial charge < -0.3 is 16.4 Å². The van der Waals surface area contributed by atoms with E-state index >= 15 is 0 Å². The van der Waals surface area contributed by atoms with Gasteiger partial charge in [0.25, 0.3) is 5.91 Å². The second-order valence-corrected chi connectivity index (χ2v) is 5.25. The number of primary amides is 1. The molecule has 0 saturated heterocycles. The van der Waals surface area contributed by atoms with Crippen LogP contribution in [0.4, 0.5) is 10.5 Å². The summed E-state index contributed by atoms with van der Waals surface area (Å²) in [7, 11) is 0. The van der Waals surface area contributed by atoms with Gasteiger partial charge in [-0.2, -0.15) is 0 Å². The number of hydrogen-bond acceptors (Lipinski definition) is 2. The summed E-state index contributed by atoms with van der Waals surface area (Å²) < 4.78 is 0. The predicted octanol–water partition coefficient (Wildman–Crippen LogP) is 2.72. The fraction of sp³-hybridized carbons (Fsp3) is 0.176. The van der Waals surface area contributed by atoms with E-state index in [1.165, 1.54) is 0 Å². The van der Waals surface area contributed by atoms with Gasteiger partial charge in [-0.25, -0.2) is 4.79 Å². The third kappa shape index (κ3) is 4.34. The van der Waals surface area contributed by atoms with Crippen LogP contribution in [0.15, 0.2) is 42.5 Å². The van der Waals surface area contributed by atoms with Crippen molar-refractivity contribution in [1.82, 2.24) is 5.32 Å². The van der Waals surface area contributed by atoms with E-state index in [4.69, 9.17) is 5.73 Å². The van der Waals surface area contributed by atoms with Crippen LogP contribution in [0.1, 0.15) is 27.0 Å². The lowest BCUT2D eigenvalue weighted by molar-refractivity contribution is 0.0950. The van der Waals surface area contributed by atoms with E-state index in [1.807, 2.05) is 44.2 Å². The Labute approximate surface area is 129 Å². The topological polar surface area (TPSA) is 84.2 Å². The van der Waals surface area contributed by atoms with E-state index in [0.29, 0.717) is 17.8 Å². The molecular weight excluding hydrogens is 278 g/mol. The Bertz CT molecular complexity index is 673. The second kappa shape index (κ2) is 6.76. The molecule has 0 aliphatic heterocycles. The minimum Gasteiger partial charge on any atom is -0.351 e. The summed E-state index contributed by atoms with van der Waals surface area (Å²) in [5.74, 6) is -0.105. The monoisotopic (exact) mass is 297 g/mol. The number of anilines is 1. The van der Waals surface area contributed by atoms with Gasteiger partial charge in [-0.05, 0) is 43.7 Å². The summed E-state index contributed by atoms with van der Waals surface area (Å²) in [4.78, 5) is 22.9. The van der Waals surface area contributed by atoms with Gasteiger partial charge in [0, 0.05) is 17.8 Å². The van der Waals surface area contributed by atoms with Crippen LogP contribution in [-0.4, -0.2) is 11.9 Å². The average Bonchev–Trinajstić information content (AvgIpc) is 2.44. The number of nitrogens with one attached hydrogen (secondary N) is 2. The number of hydrogen-bond donors (Lipinski definition) is 3. The Balaban J connectivity index is 1.97.